The lowest BCUT2D eigenvalue weighted by molar-refractivity contribution is -0.133. The van der Waals surface area contributed by atoms with E-state index < -0.39 is 0 Å². The summed E-state index contributed by atoms with van der Waals surface area (Å²) in [6.07, 6.45) is 0. The molecule has 0 saturated carbocycles. The van der Waals surface area contributed by atoms with Gasteiger partial charge in [0, 0.05) is 19.6 Å². The number of carbonyl (C=O) groups is 2. The summed E-state index contributed by atoms with van der Waals surface area (Å²) < 4.78 is 7.20. The molecule has 0 unspecified atom stereocenters. The number of nitrogens with one attached hydrogen (secondary N) is 1. The first kappa shape index (κ1) is 21.7. The minimum Gasteiger partial charge on any atom is -0.496 e. The molecule has 0 aliphatic carbocycles. The van der Waals surface area contributed by atoms with Crippen LogP contribution < -0.4 is 10.1 Å². The molecule has 1 aromatic carbocycles. The van der Waals surface area contributed by atoms with E-state index in [4.69, 9.17) is 4.74 Å². The van der Waals surface area contributed by atoms with Gasteiger partial charge in [0.1, 0.15) is 5.75 Å². The van der Waals surface area contributed by atoms with Gasteiger partial charge >= 0.3 is 0 Å². The number of rotatable bonds is 7. The number of aromatic nitrogens is 3. The Kier molecular flexibility index (Phi) is 7.06. The molecule has 0 aliphatic rings. The standard InChI is InChI=1S/C19H27N5O3S/c1-19(2,3)20-15(25)11-23(4)16(26)12-28-18-22-21-17(24(18)5)13-9-7-8-10-14(13)27-6/h7-10H,11-12H2,1-6H3,(H,20,25). The number of amides is 2. The predicted octanol–water partition coefficient (Wildman–Crippen LogP) is 1.96. The zero-order chi connectivity index (χ0) is 20.9. The quantitative estimate of drug-likeness (QED) is 0.709. The first-order valence-corrected chi connectivity index (χ1v) is 9.81. The average molecular weight is 406 g/mol. The maximum atomic E-state index is 12.4. The van der Waals surface area contributed by atoms with Crippen LogP contribution in [0.15, 0.2) is 29.4 Å². The minimum absolute atomic E-state index is 0.0158. The van der Waals surface area contributed by atoms with E-state index in [9.17, 15) is 9.59 Å². The van der Waals surface area contributed by atoms with Crippen LogP contribution >= 0.6 is 11.8 Å². The topological polar surface area (TPSA) is 89.4 Å². The van der Waals surface area contributed by atoms with Crippen LogP contribution in [-0.4, -0.2) is 63.5 Å². The van der Waals surface area contributed by atoms with Crippen molar-refractivity contribution < 1.29 is 14.3 Å². The van der Waals surface area contributed by atoms with E-state index in [0.717, 1.165) is 5.56 Å². The molecule has 0 bridgehead atoms. The van der Waals surface area contributed by atoms with Gasteiger partial charge in [0.25, 0.3) is 0 Å². The molecule has 1 N–H and O–H groups in total. The van der Waals surface area contributed by atoms with Crippen molar-refractivity contribution in [2.75, 3.05) is 26.5 Å². The summed E-state index contributed by atoms with van der Waals surface area (Å²) in [4.78, 5) is 25.7. The fraction of sp³-hybridized carbons (Fsp3) is 0.474. The lowest BCUT2D eigenvalue weighted by Gasteiger charge is -2.23. The molecule has 2 rings (SSSR count). The van der Waals surface area contributed by atoms with Crippen LogP contribution in [0.3, 0.4) is 0 Å². The highest BCUT2D eigenvalue weighted by Gasteiger charge is 2.20. The maximum Gasteiger partial charge on any atom is 0.240 e. The van der Waals surface area contributed by atoms with E-state index in [0.29, 0.717) is 16.7 Å². The highest BCUT2D eigenvalue weighted by Crippen LogP contribution is 2.29. The normalized spacial score (nSPS) is 11.2. The van der Waals surface area contributed by atoms with Crippen LogP contribution in [0.2, 0.25) is 0 Å². The smallest absolute Gasteiger partial charge is 0.240 e. The summed E-state index contributed by atoms with van der Waals surface area (Å²) in [6.45, 7) is 5.71. The van der Waals surface area contributed by atoms with Crippen molar-refractivity contribution in [2.45, 2.75) is 31.5 Å². The van der Waals surface area contributed by atoms with Crippen molar-refractivity contribution in [3.63, 3.8) is 0 Å². The summed E-state index contributed by atoms with van der Waals surface area (Å²) in [5.41, 5.74) is 0.498. The van der Waals surface area contributed by atoms with E-state index in [-0.39, 0.29) is 29.7 Å². The summed E-state index contributed by atoms with van der Waals surface area (Å²) in [5.74, 6) is 1.18. The number of nitrogens with zero attached hydrogens (tertiary/aromatic N) is 4. The first-order valence-electron chi connectivity index (χ1n) is 8.83. The van der Waals surface area contributed by atoms with Crippen LogP contribution in [0.4, 0.5) is 0 Å². The van der Waals surface area contributed by atoms with Gasteiger partial charge in [-0.1, -0.05) is 23.9 Å². The van der Waals surface area contributed by atoms with Crippen molar-refractivity contribution in [1.82, 2.24) is 25.0 Å². The summed E-state index contributed by atoms with van der Waals surface area (Å²) in [7, 11) is 5.06. The summed E-state index contributed by atoms with van der Waals surface area (Å²) in [6, 6.07) is 7.56. The van der Waals surface area contributed by atoms with Gasteiger partial charge in [0.15, 0.2) is 11.0 Å². The molecule has 0 spiro atoms. The van der Waals surface area contributed by atoms with Gasteiger partial charge in [0.2, 0.25) is 11.8 Å². The van der Waals surface area contributed by atoms with Crippen LogP contribution in [0, 0.1) is 0 Å². The number of hydrogen-bond acceptors (Lipinski definition) is 6. The molecule has 1 aromatic heterocycles. The molecule has 152 valence electrons. The third-order valence-corrected chi connectivity index (χ3v) is 4.83. The van der Waals surface area contributed by atoms with E-state index in [2.05, 4.69) is 15.5 Å². The maximum absolute atomic E-state index is 12.4. The summed E-state index contributed by atoms with van der Waals surface area (Å²) in [5, 5.41) is 11.9. The second-order valence-corrected chi connectivity index (χ2v) is 8.34. The molecule has 28 heavy (non-hydrogen) atoms. The first-order chi connectivity index (χ1) is 13.1. The van der Waals surface area contributed by atoms with Gasteiger partial charge in [-0.3, -0.25) is 9.59 Å². The number of benzene rings is 1. The summed E-state index contributed by atoms with van der Waals surface area (Å²) >= 11 is 1.28. The number of methoxy groups -OCH3 is 1. The second kappa shape index (κ2) is 9.09. The van der Waals surface area contributed by atoms with Gasteiger partial charge in [-0.15, -0.1) is 10.2 Å². The number of carbonyl (C=O) groups excluding carboxylic acids is 2. The Morgan fingerprint density at radius 3 is 2.57 bits per heavy atom. The van der Waals surface area contributed by atoms with Crippen molar-refractivity contribution in [1.29, 1.82) is 0 Å². The number of likely N-dealkylation sites (N-methyl/N-ethyl adjacent to an activating group) is 1. The van der Waals surface area contributed by atoms with Crippen LogP contribution in [0.1, 0.15) is 20.8 Å². The molecule has 0 saturated heterocycles. The van der Waals surface area contributed by atoms with Gasteiger partial charge in [-0.2, -0.15) is 0 Å². The van der Waals surface area contributed by atoms with Gasteiger partial charge in [0.05, 0.1) is 25.0 Å². The van der Waals surface area contributed by atoms with Crippen LogP contribution in [0.5, 0.6) is 5.75 Å². The second-order valence-electron chi connectivity index (χ2n) is 7.40. The number of ether oxygens (including phenoxy) is 1. The fourth-order valence-corrected chi connectivity index (χ4v) is 3.35. The number of thioether (sulfide) groups is 1. The van der Waals surface area contributed by atoms with Gasteiger partial charge in [-0.05, 0) is 32.9 Å². The molecule has 2 amide bonds. The molecule has 0 aliphatic heterocycles. The largest absolute Gasteiger partial charge is 0.496 e. The van der Waals surface area contributed by atoms with E-state index in [1.807, 2.05) is 56.7 Å². The van der Waals surface area contributed by atoms with Gasteiger partial charge < -0.3 is 19.5 Å². The molecule has 0 atom stereocenters. The van der Waals surface area contributed by atoms with E-state index in [1.165, 1.54) is 16.7 Å². The van der Waals surface area contributed by atoms with Crippen molar-refractivity contribution >= 4 is 23.6 Å². The number of hydrogen-bond donors (Lipinski definition) is 1. The molecular weight excluding hydrogens is 378 g/mol. The molecule has 2 aromatic rings. The monoisotopic (exact) mass is 405 g/mol. The lowest BCUT2D eigenvalue weighted by Crippen LogP contribution is -2.46. The Morgan fingerprint density at radius 1 is 1.25 bits per heavy atom. The molecule has 8 nitrogen and oxygen atoms in total. The molecule has 9 heteroatoms. The van der Waals surface area contributed by atoms with E-state index >= 15 is 0 Å². The van der Waals surface area contributed by atoms with Crippen molar-refractivity contribution in [3.8, 4) is 17.1 Å². The van der Waals surface area contributed by atoms with Crippen LogP contribution in [0.25, 0.3) is 11.4 Å². The van der Waals surface area contributed by atoms with Crippen molar-refractivity contribution in [3.05, 3.63) is 24.3 Å². The Bertz CT molecular complexity index is 844. The Hall–Kier alpha value is -2.55. The average Bonchev–Trinajstić information content (AvgIpc) is 2.98. The minimum atomic E-state index is -0.330. The van der Waals surface area contributed by atoms with Crippen molar-refractivity contribution in [2.24, 2.45) is 7.05 Å². The molecule has 1 heterocycles. The molecule has 0 radical (unpaired) electrons. The Labute approximate surface area is 169 Å². The Morgan fingerprint density at radius 2 is 1.93 bits per heavy atom. The Balaban J connectivity index is 1.99. The number of para-hydroxylation sites is 1. The lowest BCUT2D eigenvalue weighted by atomic mass is 10.1. The third kappa shape index (κ3) is 5.72. The highest BCUT2D eigenvalue weighted by molar-refractivity contribution is 7.99. The third-order valence-electron chi connectivity index (χ3n) is 3.83. The fourth-order valence-electron chi connectivity index (χ4n) is 2.50. The molecular formula is C19H27N5O3S. The zero-order valence-corrected chi connectivity index (χ0v) is 18.0. The van der Waals surface area contributed by atoms with Gasteiger partial charge in [-0.25, -0.2) is 0 Å². The SMILES string of the molecule is COc1ccccc1-c1nnc(SCC(=O)N(C)CC(=O)NC(C)(C)C)n1C. The van der Waals surface area contributed by atoms with Crippen LogP contribution in [-0.2, 0) is 16.6 Å². The molecule has 0 fully saturated rings. The van der Waals surface area contributed by atoms with E-state index in [1.54, 1.807) is 14.2 Å². The highest BCUT2D eigenvalue weighted by atomic mass is 32.2. The zero-order valence-electron chi connectivity index (χ0n) is 17.1. The predicted molar refractivity (Wildman–Crippen MR) is 109 cm³/mol.